The van der Waals surface area contributed by atoms with E-state index >= 15 is 0 Å². The van der Waals surface area contributed by atoms with Gasteiger partial charge < -0.3 is 10.1 Å². The number of benzene rings is 3. The van der Waals surface area contributed by atoms with E-state index in [-0.39, 0.29) is 17.8 Å². The molecular weight excluding hydrogens is 478 g/mol. The van der Waals surface area contributed by atoms with Crippen LogP contribution in [0.2, 0.25) is 0 Å². The lowest BCUT2D eigenvalue weighted by molar-refractivity contribution is -0.117. The van der Waals surface area contributed by atoms with Gasteiger partial charge >= 0.3 is 5.97 Å². The number of methoxy groups -OCH3 is 1. The average Bonchev–Trinajstić information content (AvgIpc) is 3.29. The summed E-state index contributed by atoms with van der Waals surface area (Å²) in [6, 6.07) is 30.2. The van der Waals surface area contributed by atoms with Crippen LogP contribution in [0.4, 0.5) is 5.00 Å². The molecule has 0 aliphatic heterocycles. The van der Waals surface area contributed by atoms with Crippen LogP contribution in [0, 0.1) is 5.92 Å². The SMILES string of the molecule is COC(=O)c1c(NC(=O)C(c2ccccc2)C(c2ccccc2)c2ccccc2)sc2c1CCC(C)C2. The minimum absolute atomic E-state index is 0.138. The highest BCUT2D eigenvalue weighted by molar-refractivity contribution is 7.17. The van der Waals surface area contributed by atoms with Gasteiger partial charge in [0.05, 0.1) is 18.6 Å². The molecule has 2 atom stereocenters. The third-order valence-corrected chi connectivity index (χ3v) is 8.40. The molecule has 37 heavy (non-hydrogen) atoms. The van der Waals surface area contributed by atoms with Crippen molar-refractivity contribution in [3.05, 3.63) is 124 Å². The van der Waals surface area contributed by atoms with Gasteiger partial charge in [-0.25, -0.2) is 4.79 Å². The Hall–Kier alpha value is -3.70. The van der Waals surface area contributed by atoms with Gasteiger partial charge in [-0.15, -0.1) is 11.3 Å². The van der Waals surface area contributed by atoms with Gasteiger partial charge in [-0.3, -0.25) is 4.79 Å². The van der Waals surface area contributed by atoms with Crippen LogP contribution in [0.25, 0.3) is 0 Å². The summed E-state index contributed by atoms with van der Waals surface area (Å²) in [7, 11) is 1.40. The Labute approximate surface area is 222 Å². The Morgan fingerprint density at radius 2 is 1.41 bits per heavy atom. The number of carbonyl (C=O) groups excluding carboxylic acids is 2. The van der Waals surface area contributed by atoms with Crippen molar-refractivity contribution >= 4 is 28.2 Å². The summed E-state index contributed by atoms with van der Waals surface area (Å²) >= 11 is 1.52. The van der Waals surface area contributed by atoms with Crippen molar-refractivity contribution in [1.29, 1.82) is 0 Å². The second kappa shape index (κ2) is 11.1. The Morgan fingerprint density at radius 3 is 1.95 bits per heavy atom. The van der Waals surface area contributed by atoms with Crippen LogP contribution < -0.4 is 5.32 Å². The molecule has 3 aromatic carbocycles. The van der Waals surface area contributed by atoms with E-state index in [0.29, 0.717) is 16.5 Å². The fourth-order valence-corrected chi connectivity index (χ4v) is 6.80. The van der Waals surface area contributed by atoms with Gasteiger partial charge in [-0.05, 0) is 47.4 Å². The third-order valence-electron chi connectivity index (χ3n) is 7.23. The number of fused-ring (bicyclic) bond motifs is 1. The predicted molar refractivity (Wildman–Crippen MR) is 149 cm³/mol. The number of hydrogen-bond acceptors (Lipinski definition) is 4. The smallest absolute Gasteiger partial charge is 0.341 e. The van der Waals surface area contributed by atoms with Crippen LogP contribution in [0.3, 0.4) is 0 Å². The number of nitrogens with one attached hydrogen (secondary N) is 1. The summed E-state index contributed by atoms with van der Waals surface area (Å²) in [5.74, 6) is -0.685. The lowest BCUT2D eigenvalue weighted by Gasteiger charge is -2.28. The van der Waals surface area contributed by atoms with Gasteiger partial charge in [0.25, 0.3) is 0 Å². The Balaban J connectivity index is 1.60. The van der Waals surface area contributed by atoms with Crippen molar-refractivity contribution in [3.63, 3.8) is 0 Å². The standard InChI is InChI=1S/C32H31NO3S/c1-21-18-19-25-26(20-21)37-31(29(25)32(35)36-2)33-30(34)28(24-16-10-5-11-17-24)27(22-12-6-3-7-13-22)23-14-8-4-9-15-23/h3-17,21,27-28H,18-20H2,1-2H3,(H,33,34). The molecule has 2 unspecified atom stereocenters. The number of rotatable bonds is 7. The van der Waals surface area contributed by atoms with Crippen LogP contribution in [0.5, 0.6) is 0 Å². The minimum atomic E-state index is -0.505. The van der Waals surface area contributed by atoms with E-state index in [1.54, 1.807) is 0 Å². The van der Waals surface area contributed by atoms with E-state index in [2.05, 4.69) is 36.5 Å². The highest BCUT2D eigenvalue weighted by Gasteiger charge is 2.35. The fourth-order valence-electron chi connectivity index (χ4n) is 5.40. The second-order valence-electron chi connectivity index (χ2n) is 9.72. The minimum Gasteiger partial charge on any atom is -0.465 e. The Morgan fingerprint density at radius 1 is 0.865 bits per heavy atom. The monoisotopic (exact) mass is 509 g/mol. The lowest BCUT2D eigenvalue weighted by Crippen LogP contribution is -2.27. The molecule has 1 heterocycles. The van der Waals surface area contributed by atoms with Gasteiger partial charge in [0.2, 0.25) is 5.91 Å². The first kappa shape index (κ1) is 25.0. The van der Waals surface area contributed by atoms with E-state index in [9.17, 15) is 9.59 Å². The van der Waals surface area contributed by atoms with Crippen LogP contribution >= 0.6 is 11.3 Å². The molecule has 0 radical (unpaired) electrons. The van der Waals surface area contributed by atoms with Gasteiger partial charge in [0.1, 0.15) is 5.00 Å². The molecule has 1 amide bonds. The number of amides is 1. The van der Waals surface area contributed by atoms with E-state index in [4.69, 9.17) is 4.74 Å². The molecule has 4 aromatic rings. The van der Waals surface area contributed by atoms with Crippen LogP contribution in [0.15, 0.2) is 91.0 Å². The van der Waals surface area contributed by atoms with Gasteiger partial charge in [-0.1, -0.05) is 97.9 Å². The largest absolute Gasteiger partial charge is 0.465 e. The van der Waals surface area contributed by atoms with E-state index in [1.807, 2.05) is 66.7 Å². The number of anilines is 1. The second-order valence-corrected chi connectivity index (χ2v) is 10.8. The molecule has 0 fully saturated rings. The molecule has 188 valence electrons. The average molecular weight is 510 g/mol. The number of esters is 1. The molecule has 0 saturated heterocycles. The van der Waals surface area contributed by atoms with Crippen LogP contribution in [-0.2, 0) is 22.4 Å². The summed E-state index contributed by atoms with van der Waals surface area (Å²) in [5.41, 5.74) is 4.59. The molecule has 1 N–H and O–H groups in total. The summed E-state index contributed by atoms with van der Waals surface area (Å²) in [4.78, 5) is 28.3. The summed E-state index contributed by atoms with van der Waals surface area (Å²) in [5, 5.41) is 3.79. The first-order valence-corrected chi connectivity index (χ1v) is 13.6. The molecule has 1 aromatic heterocycles. The number of carbonyl (C=O) groups is 2. The predicted octanol–water partition coefficient (Wildman–Crippen LogP) is 7.21. The Kier molecular flexibility index (Phi) is 7.52. The molecule has 5 heteroatoms. The number of ether oxygens (including phenoxy) is 1. The topological polar surface area (TPSA) is 55.4 Å². The molecular formula is C32H31NO3S. The Bertz CT molecular complexity index is 1330. The molecule has 0 saturated carbocycles. The van der Waals surface area contributed by atoms with Crippen molar-refractivity contribution in [3.8, 4) is 0 Å². The van der Waals surface area contributed by atoms with E-state index in [0.717, 1.165) is 41.5 Å². The van der Waals surface area contributed by atoms with Crippen molar-refractivity contribution in [2.45, 2.75) is 38.0 Å². The maximum absolute atomic E-state index is 14.3. The zero-order valence-corrected chi connectivity index (χ0v) is 22.0. The van der Waals surface area contributed by atoms with E-state index in [1.165, 1.54) is 23.3 Å². The fraction of sp³-hybridized carbons (Fsp3) is 0.250. The summed E-state index contributed by atoms with van der Waals surface area (Å²) in [6.07, 6.45) is 2.77. The lowest BCUT2D eigenvalue weighted by atomic mass is 9.76. The third kappa shape index (κ3) is 5.23. The number of hydrogen-bond donors (Lipinski definition) is 1. The molecule has 0 bridgehead atoms. The van der Waals surface area contributed by atoms with Gasteiger partial charge in [0.15, 0.2) is 0 Å². The summed E-state index contributed by atoms with van der Waals surface area (Å²) < 4.78 is 5.16. The molecule has 4 nitrogen and oxygen atoms in total. The van der Waals surface area contributed by atoms with E-state index < -0.39 is 5.92 Å². The zero-order chi connectivity index (χ0) is 25.8. The van der Waals surface area contributed by atoms with Gasteiger partial charge in [-0.2, -0.15) is 0 Å². The maximum atomic E-state index is 14.3. The molecule has 0 spiro atoms. The van der Waals surface area contributed by atoms with Gasteiger partial charge in [0, 0.05) is 10.8 Å². The summed E-state index contributed by atoms with van der Waals surface area (Å²) in [6.45, 7) is 2.23. The zero-order valence-electron chi connectivity index (χ0n) is 21.1. The first-order chi connectivity index (χ1) is 18.1. The first-order valence-electron chi connectivity index (χ1n) is 12.7. The number of thiophene rings is 1. The van der Waals surface area contributed by atoms with Crippen molar-refractivity contribution in [2.75, 3.05) is 12.4 Å². The van der Waals surface area contributed by atoms with Crippen molar-refractivity contribution in [2.24, 2.45) is 5.92 Å². The molecule has 5 rings (SSSR count). The maximum Gasteiger partial charge on any atom is 0.341 e. The normalized spacial score (nSPS) is 15.6. The van der Waals surface area contributed by atoms with Crippen LogP contribution in [0.1, 0.15) is 62.7 Å². The highest BCUT2D eigenvalue weighted by atomic mass is 32.1. The molecule has 1 aliphatic carbocycles. The molecule has 1 aliphatic rings. The quantitative estimate of drug-likeness (QED) is 0.268. The highest BCUT2D eigenvalue weighted by Crippen LogP contribution is 2.43. The van der Waals surface area contributed by atoms with Crippen LogP contribution in [-0.4, -0.2) is 19.0 Å². The van der Waals surface area contributed by atoms with Crippen molar-refractivity contribution in [1.82, 2.24) is 0 Å². The van der Waals surface area contributed by atoms with Crippen molar-refractivity contribution < 1.29 is 14.3 Å².